The van der Waals surface area contributed by atoms with Gasteiger partial charge in [0.2, 0.25) is 0 Å². The van der Waals surface area contributed by atoms with E-state index in [2.05, 4.69) is 52.4 Å². The van der Waals surface area contributed by atoms with E-state index in [1.807, 2.05) is 29.2 Å². The lowest BCUT2D eigenvalue weighted by molar-refractivity contribution is 0.0734. The first-order valence-corrected chi connectivity index (χ1v) is 9.10. The van der Waals surface area contributed by atoms with E-state index >= 15 is 0 Å². The van der Waals surface area contributed by atoms with Crippen molar-refractivity contribution in [1.29, 1.82) is 0 Å². The molecule has 0 bridgehead atoms. The summed E-state index contributed by atoms with van der Waals surface area (Å²) in [5, 5.41) is 6.72. The summed E-state index contributed by atoms with van der Waals surface area (Å²) in [5.74, 6) is 0.724. The zero-order chi connectivity index (χ0) is 18.8. The summed E-state index contributed by atoms with van der Waals surface area (Å²) < 4.78 is 0. The van der Waals surface area contributed by atoms with Gasteiger partial charge in [-0.1, -0.05) is 30.3 Å². The highest BCUT2D eigenvalue weighted by molar-refractivity contribution is 5.95. The molecule has 1 amide bonds. The Morgan fingerprint density at radius 1 is 1.19 bits per heavy atom. The van der Waals surface area contributed by atoms with Gasteiger partial charge in [-0.3, -0.25) is 9.89 Å². The molecule has 0 aliphatic carbocycles. The number of H-pyrrole nitrogens is 1. The summed E-state index contributed by atoms with van der Waals surface area (Å²) in [6.45, 7) is 2.33. The second-order valence-corrected chi connectivity index (χ2v) is 7.23. The molecule has 6 nitrogen and oxygen atoms in total. The van der Waals surface area contributed by atoms with Crippen molar-refractivity contribution in [2.45, 2.75) is 19.5 Å². The van der Waals surface area contributed by atoms with Gasteiger partial charge in [0.05, 0.1) is 0 Å². The number of fused-ring (bicyclic) bond motifs is 1. The first-order valence-electron chi connectivity index (χ1n) is 9.10. The van der Waals surface area contributed by atoms with E-state index in [0.29, 0.717) is 17.9 Å². The number of benzene rings is 2. The van der Waals surface area contributed by atoms with Gasteiger partial charge in [0.25, 0.3) is 5.91 Å². The second kappa shape index (κ2) is 7.32. The number of aromatic amines is 1. The normalized spacial score (nSPS) is 13.7. The topological polar surface area (TPSA) is 65.1 Å². The number of hydrogen-bond acceptors (Lipinski definition) is 4. The van der Waals surface area contributed by atoms with E-state index in [1.165, 1.54) is 23.0 Å². The minimum Gasteiger partial charge on any atom is -0.334 e. The molecule has 1 aliphatic rings. The predicted molar refractivity (Wildman–Crippen MR) is 104 cm³/mol. The maximum atomic E-state index is 13.0. The van der Waals surface area contributed by atoms with Crippen molar-refractivity contribution in [3.63, 3.8) is 0 Å². The van der Waals surface area contributed by atoms with Crippen LogP contribution in [-0.2, 0) is 19.5 Å². The van der Waals surface area contributed by atoms with Crippen LogP contribution in [0.2, 0.25) is 0 Å². The van der Waals surface area contributed by atoms with Gasteiger partial charge >= 0.3 is 0 Å². The van der Waals surface area contributed by atoms with Crippen LogP contribution in [0.4, 0.5) is 0 Å². The maximum Gasteiger partial charge on any atom is 0.254 e. The van der Waals surface area contributed by atoms with Gasteiger partial charge in [-0.2, -0.15) is 5.10 Å². The summed E-state index contributed by atoms with van der Waals surface area (Å²) >= 11 is 0. The quantitative estimate of drug-likeness (QED) is 0.776. The number of carbonyl (C=O) groups excluding carboxylic acids is 1. The van der Waals surface area contributed by atoms with E-state index in [1.54, 1.807) is 0 Å². The van der Waals surface area contributed by atoms with Gasteiger partial charge in [0.15, 0.2) is 5.82 Å². The predicted octanol–water partition coefficient (Wildman–Crippen LogP) is 2.73. The Labute approximate surface area is 158 Å². The molecule has 1 aliphatic heterocycles. The Balaban J connectivity index is 1.52. The van der Waals surface area contributed by atoms with Crippen LogP contribution in [0.15, 0.2) is 48.8 Å². The molecule has 6 heteroatoms. The fraction of sp³-hybridized carbons (Fsp3) is 0.286. The van der Waals surface area contributed by atoms with Crippen molar-refractivity contribution in [3.8, 4) is 11.4 Å². The molecule has 1 N–H and O–H groups in total. The molecule has 0 radical (unpaired) electrons. The Hall–Kier alpha value is -2.99. The van der Waals surface area contributed by atoms with Crippen LogP contribution in [0.5, 0.6) is 0 Å². The summed E-state index contributed by atoms with van der Waals surface area (Å²) in [5.41, 5.74) is 5.45. The first kappa shape index (κ1) is 17.4. The monoisotopic (exact) mass is 361 g/mol. The molecule has 0 fully saturated rings. The Morgan fingerprint density at radius 3 is 2.85 bits per heavy atom. The number of rotatable bonds is 4. The molecule has 0 atom stereocenters. The summed E-state index contributed by atoms with van der Waals surface area (Å²) in [7, 11) is 4.15. The standard InChI is InChI=1S/C21H23N5O/c1-25(2)12-15-6-7-19-13-26(9-8-16(19)10-15)21(27)18-5-3-4-17(11-18)20-22-14-23-24-20/h3-7,10-11,14H,8-9,12-13H2,1-2H3,(H,22,23,24). The van der Waals surface area contributed by atoms with Gasteiger partial charge in [-0.25, -0.2) is 4.98 Å². The Bertz CT molecular complexity index is 949. The molecule has 2 aromatic carbocycles. The lowest BCUT2D eigenvalue weighted by atomic mass is 9.96. The fourth-order valence-electron chi connectivity index (χ4n) is 3.57. The lowest BCUT2D eigenvalue weighted by Crippen LogP contribution is -2.36. The van der Waals surface area contributed by atoms with Crippen LogP contribution in [-0.4, -0.2) is 51.5 Å². The van der Waals surface area contributed by atoms with Crippen LogP contribution < -0.4 is 0 Å². The summed E-state index contributed by atoms with van der Waals surface area (Å²) in [4.78, 5) is 21.3. The third kappa shape index (κ3) is 3.75. The van der Waals surface area contributed by atoms with Crippen LogP contribution in [0, 0.1) is 0 Å². The molecule has 4 rings (SSSR count). The largest absolute Gasteiger partial charge is 0.334 e. The smallest absolute Gasteiger partial charge is 0.254 e. The molecule has 27 heavy (non-hydrogen) atoms. The Morgan fingerprint density at radius 2 is 2.07 bits per heavy atom. The van der Waals surface area contributed by atoms with Gasteiger partial charge in [0.1, 0.15) is 6.33 Å². The van der Waals surface area contributed by atoms with E-state index in [-0.39, 0.29) is 5.91 Å². The second-order valence-electron chi connectivity index (χ2n) is 7.23. The van der Waals surface area contributed by atoms with E-state index in [9.17, 15) is 4.79 Å². The van der Waals surface area contributed by atoms with Gasteiger partial charge in [-0.05, 0) is 49.3 Å². The molecule has 0 saturated carbocycles. The van der Waals surface area contributed by atoms with Crippen molar-refractivity contribution in [2.75, 3.05) is 20.6 Å². The van der Waals surface area contributed by atoms with E-state index < -0.39 is 0 Å². The van der Waals surface area contributed by atoms with Crippen LogP contribution in [0.1, 0.15) is 27.0 Å². The van der Waals surface area contributed by atoms with E-state index in [0.717, 1.165) is 25.1 Å². The molecule has 138 valence electrons. The number of nitrogens with one attached hydrogen (secondary N) is 1. The zero-order valence-electron chi connectivity index (χ0n) is 15.6. The Kier molecular flexibility index (Phi) is 4.73. The van der Waals surface area contributed by atoms with Gasteiger partial charge in [-0.15, -0.1) is 0 Å². The number of carbonyl (C=O) groups is 1. The molecular weight excluding hydrogens is 338 g/mol. The molecular formula is C21H23N5O. The third-order valence-corrected chi connectivity index (χ3v) is 4.87. The van der Waals surface area contributed by atoms with Crippen molar-refractivity contribution in [3.05, 3.63) is 71.0 Å². The number of hydrogen-bond donors (Lipinski definition) is 1. The summed E-state index contributed by atoms with van der Waals surface area (Å²) in [6, 6.07) is 14.2. The van der Waals surface area contributed by atoms with Crippen molar-refractivity contribution in [1.82, 2.24) is 25.0 Å². The summed E-state index contributed by atoms with van der Waals surface area (Å²) in [6.07, 6.45) is 2.36. The maximum absolute atomic E-state index is 13.0. The number of amides is 1. The van der Waals surface area contributed by atoms with Crippen LogP contribution >= 0.6 is 0 Å². The van der Waals surface area contributed by atoms with E-state index in [4.69, 9.17) is 0 Å². The highest BCUT2D eigenvalue weighted by Crippen LogP contribution is 2.23. The number of aromatic nitrogens is 3. The molecule has 2 heterocycles. The molecule has 0 unspecified atom stereocenters. The SMILES string of the molecule is CN(C)Cc1ccc2c(c1)CCN(C(=O)c1cccc(-c3ncn[nH]3)c1)C2. The minimum absolute atomic E-state index is 0.0550. The average Bonchev–Trinajstić information content (AvgIpc) is 3.21. The van der Waals surface area contributed by atoms with Gasteiger partial charge in [0, 0.05) is 30.8 Å². The zero-order valence-corrected chi connectivity index (χ0v) is 15.6. The van der Waals surface area contributed by atoms with Crippen molar-refractivity contribution < 1.29 is 4.79 Å². The van der Waals surface area contributed by atoms with Crippen molar-refractivity contribution >= 4 is 5.91 Å². The third-order valence-electron chi connectivity index (χ3n) is 4.87. The molecule has 0 saturated heterocycles. The first-order chi connectivity index (χ1) is 13.1. The fourth-order valence-corrected chi connectivity index (χ4v) is 3.57. The number of nitrogens with zero attached hydrogens (tertiary/aromatic N) is 4. The van der Waals surface area contributed by atoms with Crippen molar-refractivity contribution in [2.24, 2.45) is 0 Å². The molecule has 1 aromatic heterocycles. The molecule has 0 spiro atoms. The highest BCUT2D eigenvalue weighted by Gasteiger charge is 2.22. The average molecular weight is 361 g/mol. The molecule has 3 aromatic rings. The van der Waals surface area contributed by atoms with Gasteiger partial charge < -0.3 is 9.80 Å². The minimum atomic E-state index is 0.0550. The van der Waals surface area contributed by atoms with Crippen LogP contribution in [0.3, 0.4) is 0 Å². The highest BCUT2D eigenvalue weighted by atomic mass is 16.2. The lowest BCUT2D eigenvalue weighted by Gasteiger charge is -2.29. The van der Waals surface area contributed by atoms with Crippen LogP contribution in [0.25, 0.3) is 11.4 Å².